The molecule has 0 aromatic rings. The first-order valence-corrected chi connectivity index (χ1v) is 5.19. The molecule has 0 aromatic carbocycles. The van der Waals surface area contributed by atoms with E-state index in [9.17, 15) is 4.79 Å². The maximum atomic E-state index is 10.1. The van der Waals surface area contributed by atoms with E-state index in [2.05, 4.69) is 6.58 Å². The average Bonchev–Trinajstić information content (AvgIpc) is 1.65. The molecule has 3 heteroatoms. The summed E-state index contributed by atoms with van der Waals surface area (Å²) < 4.78 is 0. The predicted octanol–water partition coefficient (Wildman–Crippen LogP) is -0.287. The quantitative estimate of drug-likeness (QED) is 0.348. The predicted molar refractivity (Wildman–Crippen MR) is 32.7 cm³/mol. The minimum Gasteiger partial charge on any atom is -0.283 e. The molecule has 0 amide bonds. The van der Waals surface area contributed by atoms with Crippen LogP contribution in [0.3, 0.4) is 0 Å². The number of carbonyl (C=O) groups excluding carboxylic acids is 1. The largest absolute Gasteiger partial charge is 0.283 e. The Hall–Kier alpha value is -0.0231. The van der Waals surface area contributed by atoms with Crippen molar-refractivity contribution in [2.75, 3.05) is 0 Å². The summed E-state index contributed by atoms with van der Waals surface area (Å²) in [6.07, 6.45) is 1.33. The molecule has 1 nitrogen and oxygen atoms in total. The zero-order valence-electron chi connectivity index (χ0n) is 3.60. The van der Waals surface area contributed by atoms with Crippen LogP contribution in [0.2, 0.25) is 0 Å². The Kier molecular flexibility index (Phi) is 3.17. The van der Waals surface area contributed by atoms with E-state index in [1.807, 2.05) is 0 Å². The van der Waals surface area contributed by atoms with Crippen LogP contribution in [0.4, 0.5) is 0 Å². The summed E-state index contributed by atoms with van der Waals surface area (Å²) in [5.74, 6) is 0. The third kappa shape index (κ3) is 2.23. The number of rotatable bonds is 1. The second-order valence-electron chi connectivity index (χ2n) is 0.727. The van der Waals surface area contributed by atoms with Crippen molar-refractivity contribution in [3.63, 3.8) is 0 Å². The monoisotopic (exact) mass is 118 g/mol. The van der Waals surface area contributed by atoms with Crippen molar-refractivity contribution in [2.45, 2.75) is 0 Å². The molecular formula is C3H6OSSi. The Morgan fingerprint density at radius 3 is 2.50 bits per heavy atom. The first kappa shape index (κ1) is 5.98. The maximum Gasteiger partial charge on any atom is 0.204 e. The number of carbonyl (C=O) groups is 1. The van der Waals surface area contributed by atoms with Crippen LogP contribution in [0, 0.1) is 0 Å². The minimum atomic E-state index is 0.0849. The standard InChI is InChI=1S/C3H6OSSi/c1-2-3(4)5-6/h2H,1H2,6H3. The lowest BCUT2D eigenvalue weighted by Gasteiger charge is -1.75. The SMILES string of the molecule is C=CC(=O)S[SiH3]. The van der Waals surface area contributed by atoms with E-state index >= 15 is 0 Å². The molecule has 0 unspecified atom stereocenters. The normalized spacial score (nSPS) is 8.00. The van der Waals surface area contributed by atoms with Crippen molar-refractivity contribution in [1.29, 1.82) is 0 Å². The van der Waals surface area contributed by atoms with Crippen LogP contribution in [0.15, 0.2) is 12.7 Å². The Bertz CT molecular complexity index is 71.2. The molecule has 0 saturated heterocycles. The molecule has 34 valence electrons. The molecule has 0 heterocycles. The lowest BCUT2D eigenvalue weighted by Crippen LogP contribution is -1.77. The van der Waals surface area contributed by atoms with Gasteiger partial charge in [-0.25, -0.2) is 0 Å². The van der Waals surface area contributed by atoms with Crippen LogP contribution in [0.25, 0.3) is 0 Å². The van der Waals surface area contributed by atoms with Crippen molar-refractivity contribution in [3.8, 4) is 0 Å². The van der Waals surface area contributed by atoms with Crippen molar-refractivity contribution in [3.05, 3.63) is 12.7 Å². The van der Waals surface area contributed by atoms with Crippen LogP contribution in [-0.4, -0.2) is 14.5 Å². The van der Waals surface area contributed by atoms with E-state index in [-0.39, 0.29) is 5.12 Å². The lowest BCUT2D eigenvalue weighted by atomic mass is 10.7. The van der Waals surface area contributed by atoms with E-state index in [0.717, 1.165) is 9.39 Å². The van der Waals surface area contributed by atoms with E-state index in [1.54, 1.807) is 0 Å². The second kappa shape index (κ2) is 3.18. The van der Waals surface area contributed by atoms with Gasteiger partial charge in [-0.1, -0.05) is 6.58 Å². The summed E-state index contributed by atoms with van der Waals surface area (Å²) in [6, 6.07) is 0. The van der Waals surface area contributed by atoms with Crippen molar-refractivity contribution >= 4 is 25.7 Å². The summed E-state index contributed by atoms with van der Waals surface area (Å²) in [6.45, 7) is 3.28. The van der Waals surface area contributed by atoms with Gasteiger partial charge in [0, 0.05) is 0 Å². The molecule has 0 N–H and O–H groups in total. The van der Waals surface area contributed by atoms with Gasteiger partial charge in [0.05, 0.1) is 9.39 Å². The third-order valence-electron chi connectivity index (χ3n) is 0.368. The first-order chi connectivity index (χ1) is 2.81. The summed E-state index contributed by atoms with van der Waals surface area (Å²) in [5, 5.41) is 0.0849. The van der Waals surface area contributed by atoms with Gasteiger partial charge < -0.3 is 0 Å². The van der Waals surface area contributed by atoms with Gasteiger partial charge in [0.1, 0.15) is 0 Å². The highest BCUT2D eigenvalue weighted by Crippen LogP contribution is 1.90. The number of hydrogen-bond acceptors (Lipinski definition) is 2. The van der Waals surface area contributed by atoms with Crippen molar-refractivity contribution in [1.82, 2.24) is 0 Å². The highest BCUT2D eigenvalue weighted by Gasteiger charge is 1.82. The molecule has 0 aromatic heterocycles. The molecule has 0 atom stereocenters. The average molecular weight is 118 g/mol. The van der Waals surface area contributed by atoms with Crippen LogP contribution in [-0.2, 0) is 4.79 Å². The zero-order chi connectivity index (χ0) is 4.99. The van der Waals surface area contributed by atoms with Crippen LogP contribution >= 0.6 is 11.2 Å². The second-order valence-corrected chi connectivity index (χ2v) is 2.76. The lowest BCUT2D eigenvalue weighted by molar-refractivity contribution is -0.106. The van der Waals surface area contributed by atoms with E-state index in [1.165, 1.54) is 17.3 Å². The molecule has 0 aliphatic rings. The van der Waals surface area contributed by atoms with Crippen molar-refractivity contribution in [2.24, 2.45) is 0 Å². The highest BCUT2D eigenvalue weighted by molar-refractivity contribution is 8.31. The van der Waals surface area contributed by atoms with E-state index in [0.29, 0.717) is 0 Å². The van der Waals surface area contributed by atoms with Gasteiger partial charge in [0.15, 0.2) is 0 Å². The van der Waals surface area contributed by atoms with E-state index in [4.69, 9.17) is 0 Å². The molecular weight excluding hydrogens is 112 g/mol. The van der Waals surface area contributed by atoms with Gasteiger partial charge in [0.2, 0.25) is 5.12 Å². The fourth-order valence-corrected chi connectivity index (χ4v) is 0.750. The highest BCUT2D eigenvalue weighted by atomic mass is 32.4. The molecule has 0 bridgehead atoms. The summed E-state index contributed by atoms with van der Waals surface area (Å²) in [4.78, 5) is 10.1. The van der Waals surface area contributed by atoms with Gasteiger partial charge in [-0.05, 0) is 6.08 Å². The fraction of sp³-hybridized carbons (Fsp3) is 0. The van der Waals surface area contributed by atoms with Crippen molar-refractivity contribution < 1.29 is 4.79 Å². The van der Waals surface area contributed by atoms with Crippen LogP contribution in [0.1, 0.15) is 0 Å². The third-order valence-corrected chi connectivity index (χ3v) is 2.14. The Balaban J connectivity index is 3.23. The molecule has 6 heavy (non-hydrogen) atoms. The fourth-order valence-electron chi connectivity index (χ4n) is 0.0833. The summed E-state index contributed by atoms with van der Waals surface area (Å²) >= 11 is 1.31. The molecule has 0 rings (SSSR count). The van der Waals surface area contributed by atoms with Gasteiger partial charge in [0.25, 0.3) is 0 Å². The Morgan fingerprint density at radius 2 is 2.50 bits per heavy atom. The Labute approximate surface area is 43.9 Å². The zero-order valence-corrected chi connectivity index (χ0v) is 6.42. The van der Waals surface area contributed by atoms with Gasteiger partial charge in [-0.2, -0.15) is 0 Å². The van der Waals surface area contributed by atoms with Gasteiger partial charge in [-0.3, -0.25) is 4.79 Å². The summed E-state index contributed by atoms with van der Waals surface area (Å²) in [5.41, 5.74) is 0. The molecule has 0 aliphatic heterocycles. The number of hydrogen-bond donors (Lipinski definition) is 0. The molecule has 0 radical (unpaired) electrons. The molecule has 0 fully saturated rings. The molecule has 0 saturated carbocycles. The molecule has 0 spiro atoms. The smallest absolute Gasteiger partial charge is 0.204 e. The van der Waals surface area contributed by atoms with Gasteiger partial charge in [-0.15, -0.1) is 11.2 Å². The van der Waals surface area contributed by atoms with Crippen LogP contribution in [0.5, 0.6) is 0 Å². The first-order valence-electron chi connectivity index (χ1n) is 1.51. The maximum absolute atomic E-state index is 10.1. The van der Waals surface area contributed by atoms with E-state index < -0.39 is 0 Å². The Morgan fingerprint density at radius 1 is 2.00 bits per heavy atom. The molecule has 0 aliphatic carbocycles. The van der Waals surface area contributed by atoms with Gasteiger partial charge >= 0.3 is 0 Å². The van der Waals surface area contributed by atoms with Crippen LogP contribution < -0.4 is 0 Å². The minimum absolute atomic E-state index is 0.0849. The topological polar surface area (TPSA) is 17.1 Å². The summed E-state index contributed by atoms with van der Waals surface area (Å²) in [7, 11) is 0.878.